The molecule has 14 nitrogen and oxygen atoms in total. The Morgan fingerprint density at radius 2 is 1.93 bits per heavy atom. The first-order valence-electron chi connectivity index (χ1n) is 18.6. The van der Waals surface area contributed by atoms with E-state index in [2.05, 4.69) is 5.32 Å². The Labute approximate surface area is 331 Å². The minimum Gasteiger partial charge on any atom is -0.495 e. The summed E-state index contributed by atoms with van der Waals surface area (Å²) in [6, 6.07) is 2.67. The lowest BCUT2D eigenvalue weighted by molar-refractivity contribution is -0.815. The molecular weight excluding hydrogens is 754 g/mol. The van der Waals surface area contributed by atoms with E-state index in [-0.39, 0.29) is 30.2 Å². The average Bonchev–Trinajstić information content (AvgIpc) is 3.83. The van der Waals surface area contributed by atoms with Gasteiger partial charge >= 0.3 is 18.0 Å². The fourth-order valence-corrected chi connectivity index (χ4v) is 8.15. The number of likely N-dealkylation sites (N-methyl/N-ethyl adjacent to an activating group) is 1. The van der Waals surface area contributed by atoms with Gasteiger partial charge in [-0.2, -0.15) is 0 Å². The Kier molecular flexibility index (Phi) is 15.1. The molecule has 2 fully saturated rings. The number of aliphatic hydroxyl groups is 1. The third kappa shape index (κ3) is 10.7. The van der Waals surface area contributed by atoms with Crippen molar-refractivity contribution in [3.63, 3.8) is 0 Å². The lowest BCUT2D eigenvalue weighted by Crippen LogP contribution is -3.16. The van der Waals surface area contributed by atoms with Crippen molar-refractivity contribution in [2.45, 2.75) is 114 Å². The number of carbonyl (C=O) groups excluding carboxylic acids is 4. The Morgan fingerprint density at radius 1 is 1.22 bits per heavy atom. The van der Waals surface area contributed by atoms with Gasteiger partial charge in [-0.05, 0) is 57.7 Å². The molecule has 10 unspecified atom stereocenters. The molecular formula is C39H57ClN3O11S+. The number of amides is 3. The van der Waals surface area contributed by atoms with E-state index in [1.54, 1.807) is 65.4 Å². The van der Waals surface area contributed by atoms with E-state index < -0.39 is 76.5 Å². The normalized spacial score (nSPS) is 31.7. The van der Waals surface area contributed by atoms with Crippen molar-refractivity contribution in [3.05, 3.63) is 46.5 Å². The van der Waals surface area contributed by atoms with E-state index in [9.17, 15) is 28.5 Å². The molecule has 0 aliphatic carbocycles. The summed E-state index contributed by atoms with van der Waals surface area (Å²) in [5, 5.41) is 14.5. The first-order chi connectivity index (χ1) is 25.8. The monoisotopic (exact) mass is 810 g/mol. The second-order valence-corrected chi connectivity index (χ2v) is 17.1. The SMILES string of the molecule is COc1cc2cc(c1Cl)N(C)C(=O)CC(OC(=O)C(C)[NH+](C)C(=O)CCCCCS(C)=O)C1(C)OC1C(C)C1CC(O)(NC(=O)O1)C(OC)/C=C/C=C(\C)C2. The van der Waals surface area contributed by atoms with Gasteiger partial charge in [0.25, 0.3) is 0 Å². The molecule has 1 aromatic carbocycles. The van der Waals surface area contributed by atoms with Crippen molar-refractivity contribution in [1.29, 1.82) is 0 Å². The lowest BCUT2D eigenvalue weighted by atomic mass is 9.83. The number of hydrogen-bond donors (Lipinski definition) is 3. The molecule has 3 N–H and O–H groups in total. The van der Waals surface area contributed by atoms with Crippen LogP contribution in [0.1, 0.15) is 71.8 Å². The van der Waals surface area contributed by atoms with Crippen molar-refractivity contribution >= 4 is 52.0 Å². The number of methoxy groups -OCH3 is 2. The molecule has 55 heavy (non-hydrogen) atoms. The van der Waals surface area contributed by atoms with Gasteiger partial charge < -0.3 is 33.7 Å². The second kappa shape index (κ2) is 18.7. The van der Waals surface area contributed by atoms with Crippen LogP contribution < -0.4 is 19.9 Å². The van der Waals surface area contributed by atoms with Gasteiger partial charge in [0.2, 0.25) is 5.91 Å². The third-order valence-electron chi connectivity index (χ3n) is 11.0. The van der Waals surface area contributed by atoms with Crippen LogP contribution in [0.3, 0.4) is 0 Å². The number of ether oxygens (including phenoxy) is 5. The highest BCUT2D eigenvalue weighted by Crippen LogP contribution is 2.49. The molecule has 4 rings (SSSR count). The van der Waals surface area contributed by atoms with E-state index in [1.807, 2.05) is 13.0 Å². The van der Waals surface area contributed by atoms with Gasteiger partial charge in [0.15, 0.2) is 11.8 Å². The number of quaternary nitrogens is 1. The number of allylic oxidation sites excluding steroid dienone is 3. The first-order valence-corrected chi connectivity index (χ1v) is 20.7. The Bertz CT molecular complexity index is 1690. The van der Waals surface area contributed by atoms with Crippen LogP contribution >= 0.6 is 11.6 Å². The maximum Gasteiger partial charge on any atom is 0.409 e. The molecule has 306 valence electrons. The molecule has 0 spiro atoms. The van der Waals surface area contributed by atoms with Gasteiger partial charge in [0, 0.05) is 49.3 Å². The number of rotatable bonds is 11. The number of hydrogen-bond acceptors (Lipinski definition) is 11. The summed E-state index contributed by atoms with van der Waals surface area (Å²) >= 11 is 6.77. The molecule has 1 aromatic rings. The standard InChI is InChI=1S/C39H56ClN3O11S/c1-23-14-13-15-30(51-8)39(48)22-29(52-37(47)41-39)24(2)35-38(4,54-35)31(21-33(45)43(6)27-19-26(18-23)20-28(50-7)34(27)40)53-36(46)25(3)42(5)32(44)16-11-10-12-17-55(9)49/h13-15,19-20,24-25,29-31,35,48H,10-12,16-18,21-22H2,1-9H3,(H,41,47)/p+1/b15-13+,23-14+. The smallest absolute Gasteiger partial charge is 0.409 e. The Balaban J connectivity index is 1.68. The van der Waals surface area contributed by atoms with Crippen LogP contribution in [-0.2, 0) is 50.6 Å². The summed E-state index contributed by atoms with van der Waals surface area (Å²) in [4.78, 5) is 55.6. The minimum absolute atomic E-state index is 0.0543. The van der Waals surface area contributed by atoms with Crippen LogP contribution in [0.4, 0.5) is 10.5 Å². The predicted octanol–water partition coefficient (Wildman–Crippen LogP) is 3.04. The summed E-state index contributed by atoms with van der Waals surface area (Å²) in [6.45, 7) is 7.03. The average molecular weight is 811 g/mol. The maximum atomic E-state index is 14.2. The number of nitrogens with zero attached hydrogens (tertiary/aromatic N) is 1. The molecule has 10 atom stereocenters. The van der Waals surface area contributed by atoms with E-state index in [1.165, 1.54) is 19.1 Å². The van der Waals surface area contributed by atoms with Crippen LogP contribution in [0.5, 0.6) is 5.75 Å². The number of unbranched alkanes of at least 4 members (excludes halogenated alkanes) is 2. The van der Waals surface area contributed by atoms with Crippen LogP contribution in [-0.4, -0.2) is 115 Å². The molecule has 3 amide bonds. The summed E-state index contributed by atoms with van der Waals surface area (Å²) < 4.78 is 40.6. The van der Waals surface area contributed by atoms with Gasteiger partial charge in [-0.25, -0.2) is 14.4 Å². The summed E-state index contributed by atoms with van der Waals surface area (Å²) in [5.41, 5.74) is -0.930. The van der Waals surface area contributed by atoms with Crippen molar-refractivity contribution in [2.24, 2.45) is 5.92 Å². The highest BCUT2D eigenvalue weighted by atomic mass is 35.5. The number of esters is 1. The van der Waals surface area contributed by atoms with E-state index in [0.29, 0.717) is 34.9 Å². The van der Waals surface area contributed by atoms with Gasteiger partial charge in [-0.3, -0.25) is 19.2 Å². The summed E-state index contributed by atoms with van der Waals surface area (Å²) in [7, 11) is 5.21. The molecule has 3 aliphatic heterocycles. The largest absolute Gasteiger partial charge is 0.495 e. The van der Waals surface area contributed by atoms with Crippen molar-refractivity contribution < 1.29 is 57.1 Å². The first kappa shape index (κ1) is 44.4. The van der Waals surface area contributed by atoms with E-state index >= 15 is 0 Å². The number of alkyl carbamates (subject to hydrolysis) is 1. The highest BCUT2D eigenvalue weighted by molar-refractivity contribution is 7.84. The molecule has 0 aromatic heterocycles. The van der Waals surface area contributed by atoms with Crippen LogP contribution in [0.25, 0.3) is 0 Å². The predicted molar refractivity (Wildman–Crippen MR) is 207 cm³/mol. The lowest BCUT2D eigenvalue weighted by Gasteiger charge is -2.42. The van der Waals surface area contributed by atoms with Crippen molar-refractivity contribution in [3.8, 4) is 5.75 Å². The number of carbonyl (C=O) groups is 4. The van der Waals surface area contributed by atoms with Gasteiger partial charge in [0.1, 0.15) is 34.7 Å². The zero-order chi connectivity index (χ0) is 40.8. The number of fused-ring (bicyclic) bond motifs is 5. The third-order valence-corrected chi connectivity index (χ3v) is 12.2. The number of benzene rings is 1. The Morgan fingerprint density at radius 3 is 2.58 bits per heavy atom. The molecule has 0 radical (unpaired) electrons. The summed E-state index contributed by atoms with van der Waals surface area (Å²) in [6.07, 6.45) is 4.89. The number of nitrogens with one attached hydrogen (secondary N) is 2. The number of halogens is 1. The van der Waals surface area contributed by atoms with Crippen LogP contribution in [0, 0.1) is 5.92 Å². The van der Waals surface area contributed by atoms with Crippen molar-refractivity contribution in [2.75, 3.05) is 45.2 Å². The topological polar surface area (TPSA) is 175 Å². The van der Waals surface area contributed by atoms with Crippen LogP contribution in [0.15, 0.2) is 35.9 Å². The van der Waals surface area contributed by atoms with Gasteiger partial charge in [-0.15, -0.1) is 0 Å². The number of anilines is 1. The zero-order valence-electron chi connectivity index (χ0n) is 33.3. The van der Waals surface area contributed by atoms with Crippen LogP contribution in [0.2, 0.25) is 5.02 Å². The van der Waals surface area contributed by atoms with E-state index in [0.717, 1.165) is 24.0 Å². The fraction of sp³-hybridized carbons (Fsp3) is 0.641. The fourth-order valence-electron chi connectivity index (χ4n) is 7.23. The second-order valence-electron chi connectivity index (χ2n) is 15.1. The van der Waals surface area contributed by atoms with Gasteiger partial charge in [0.05, 0.1) is 38.8 Å². The Hall–Kier alpha value is -3.34. The molecule has 3 aliphatic rings. The molecule has 4 bridgehead atoms. The maximum absolute atomic E-state index is 14.2. The molecule has 0 saturated carbocycles. The zero-order valence-corrected chi connectivity index (χ0v) is 34.8. The van der Waals surface area contributed by atoms with Crippen molar-refractivity contribution in [1.82, 2.24) is 5.32 Å². The quantitative estimate of drug-likeness (QED) is 0.170. The highest BCUT2D eigenvalue weighted by Gasteiger charge is 2.64. The summed E-state index contributed by atoms with van der Waals surface area (Å²) in [5.74, 6) is -0.892. The van der Waals surface area contributed by atoms with E-state index in [4.69, 9.17) is 35.3 Å². The molecule has 2 saturated heterocycles. The van der Waals surface area contributed by atoms with Gasteiger partial charge in [-0.1, -0.05) is 48.7 Å². The molecule has 3 heterocycles. The number of epoxide rings is 1. The molecule has 16 heteroatoms. The minimum atomic E-state index is -1.83.